The zero-order valence-corrected chi connectivity index (χ0v) is 54.5. The Bertz CT molecular complexity index is 2960. The highest BCUT2D eigenvalue weighted by Gasteiger charge is 2.46. The van der Waals surface area contributed by atoms with E-state index in [1.54, 1.807) is 0 Å². The van der Waals surface area contributed by atoms with Crippen molar-refractivity contribution in [2.75, 3.05) is 26.4 Å². The Hall–Kier alpha value is -7.32. The van der Waals surface area contributed by atoms with Gasteiger partial charge < -0.3 is 43.0 Å². The lowest BCUT2D eigenvalue weighted by atomic mass is 9.73. The lowest BCUT2D eigenvalue weighted by Crippen LogP contribution is -2.29. The molecule has 92 heavy (non-hydrogen) atoms. The molecule has 2 saturated carbocycles. The van der Waals surface area contributed by atoms with Crippen LogP contribution in [0.5, 0.6) is 11.5 Å². The number of hydrogen-bond acceptors (Lipinski definition) is 13. The molecular weight excluding hydrogens is 1160 g/mol. The number of esters is 4. The molecule has 2 fully saturated rings. The van der Waals surface area contributed by atoms with Gasteiger partial charge in [-0.25, -0.2) is 19.2 Å². The topological polar surface area (TPSA) is 162 Å². The van der Waals surface area contributed by atoms with Crippen molar-refractivity contribution in [1.82, 2.24) is 0 Å². The molecule has 0 bridgehead atoms. The number of carbonyl (C=O) groups is 4. The first-order valence-corrected chi connectivity index (χ1v) is 34.2. The molecule has 0 radical (unpaired) electrons. The van der Waals surface area contributed by atoms with Gasteiger partial charge in [-0.05, 0) is 188 Å². The predicted octanol–water partition coefficient (Wildman–Crippen LogP) is 15.3. The summed E-state index contributed by atoms with van der Waals surface area (Å²) >= 11 is 0. The third-order valence-electron chi connectivity index (χ3n) is 19.4. The van der Waals surface area contributed by atoms with Gasteiger partial charge in [0, 0.05) is 0 Å². The second-order valence-electron chi connectivity index (χ2n) is 26.0. The van der Waals surface area contributed by atoms with Gasteiger partial charge in [0.15, 0.2) is 13.2 Å². The van der Waals surface area contributed by atoms with E-state index in [1.165, 1.54) is 23.1 Å². The molecule has 0 saturated heterocycles. The third kappa shape index (κ3) is 21.4. The number of hydrogen-bond donors (Lipinski definition) is 1. The number of rotatable bonds is 34. The molecule has 10 atom stereocenters. The van der Waals surface area contributed by atoms with Gasteiger partial charge in [0.2, 0.25) is 0 Å². The first-order valence-electron chi connectivity index (χ1n) is 34.2. The minimum atomic E-state index is -0.400. The number of carbonyl (C=O) groups excluding carboxylic acids is 4. The quantitative estimate of drug-likeness (QED) is 0.0231. The second-order valence-corrected chi connectivity index (χ2v) is 26.0. The van der Waals surface area contributed by atoms with Crippen molar-refractivity contribution in [3.8, 4) is 11.5 Å². The van der Waals surface area contributed by atoms with Crippen molar-refractivity contribution in [1.29, 1.82) is 0 Å². The Labute approximate surface area is 546 Å². The number of fused-ring (bicyclic) bond motifs is 4. The van der Waals surface area contributed by atoms with Gasteiger partial charge >= 0.3 is 23.9 Å². The first-order chi connectivity index (χ1) is 45.0. The smallest absolute Gasteiger partial charge is 0.344 e. The van der Waals surface area contributed by atoms with Crippen molar-refractivity contribution >= 4 is 23.9 Å². The Kier molecular flexibility index (Phi) is 27.6. The zero-order valence-electron chi connectivity index (χ0n) is 54.5. The molecule has 13 nitrogen and oxygen atoms in total. The molecule has 0 aliphatic heterocycles. The van der Waals surface area contributed by atoms with Crippen LogP contribution < -0.4 is 9.47 Å². The van der Waals surface area contributed by atoms with Gasteiger partial charge in [-0.1, -0.05) is 192 Å². The summed E-state index contributed by atoms with van der Waals surface area (Å²) in [4.78, 5) is 50.3. The standard InChI is InChI=1S/C40H50O6.C39H48O7/c1-3-4-7-18-34(46-40(42)27-43-25-30-13-8-5-9-14-30)20-21-35-29(2)22-33-24-37-32(23-36(33)35)17-12-19-38(37)44-28-39(41)45-26-31-15-10-6-11-16-31;1-2-3-6-17-32(46-39(42)26-43-24-28-12-7-4-8-13-28)19-20-33-34-21-30-16-11-18-37(35(30)22-31(34)23-36(33)40)44-27-38(41)45-25-29-14-9-5-10-15-29/h5-6,8-17,19,29,33-36H,3-4,7,18,20-28H2,1-2H3;4-5,7-16,18,31-34,36,40H,2-3,6,17,19-27H2,1H3/t29-,33-,34+,35+,36+;31-,32-,33+,34-,36+/m10/s1. The van der Waals surface area contributed by atoms with Gasteiger partial charge in [-0.15, -0.1) is 0 Å². The van der Waals surface area contributed by atoms with E-state index in [-0.39, 0.29) is 81.8 Å². The van der Waals surface area contributed by atoms with Crippen LogP contribution in [0.1, 0.15) is 155 Å². The summed E-state index contributed by atoms with van der Waals surface area (Å²) in [7, 11) is 0. The highest BCUT2D eigenvalue weighted by molar-refractivity contribution is 5.72. The van der Waals surface area contributed by atoms with Gasteiger partial charge in [0.05, 0.1) is 19.3 Å². The van der Waals surface area contributed by atoms with Crippen LogP contribution in [0.4, 0.5) is 0 Å². The van der Waals surface area contributed by atoms with Gasteiger partial charge in [0.25, 0.3) is 0 Å². The van der Waals surface area contributed by atoms with Crippen LogP contribution in [0.15, 0.2) is 158 Å². The number of unbranched alkanes of at least 4 members (excludes halogenated alkanes) is 4. The molecule has 0 aromatic heterocycles. The van der Waals surface area contributed by atoms with E-state index in [2.05, 4.69) is 32.9 Å². The number of benzene rings is 6. The number of ether oxygens (including phenoxy) is 8. The lowest BCUT2D eigenvalue weighted by molar-refractivity contribution is -0.156. The van der Waals surface area contributed by atoms with Crippen LogP contribution >= 0.6 is 0 Å². The average Bonchev–Trinajstić information content (AvgIpc) is 1.65. The highest BCUT2D eigenvalue weighted by Crippen LogP contribution is 2.52. The summed E-state index contributed by atoms with van der Waals surface area (Å²) in [5.41, 5.74) is 8.90. The summed E-state index contributed by atoms with van der Waals surface area (Å²) < 4.78 is 46.1. The van der Waals surface area contributed by atoms with Crippen molar-refractivity contribution in [3.63, 3.8) is 0 Å². The Morgan fingerprint density at radius 3 is 1.27 bits per heavy atom. The molecule has 13 heteroatoms. The molecule has 6 aromatic carbocycles. The fraction of sp³-hybridized carbons (Fsp3) is 0.494. The predicted molar refractivity (Wildman–Crippen MR) is 355 cm³/mol. The van der Waals surface area contributed by atoms with Crippen LogP contribution in [-0.2, 0) is 99.7 Å². The van der Waals surface area contributed by atoms with Crippen LogP contribution in [0.2, 0.25) is 0 Å². The van der Waals surface area contributed by atoms with Gasteiger partial charge in [-0.2, -0.15) is 0 Å². The Morgan fingerprint density at radius 1 is 0.435 bits per heavy atom. The van der Waals surface area contributed by atoms with E-state index >= 15 is 0 Å². The van der Waals surface area contributed by atoms with E-state index in [1.807, 2.05) is 146 Å². The van der Waals surface area contributed by atoms with Crippen molar-refractivity contribution in [3.05, 3.63) is 202 Å². The lowest BCUT2D eigenvalue weighted by Gasteiger charge is -2.33. The van der Waals surface area contributed by atoms with E-state index in [0.29, 0.717) is 48.7 Å². The zero-order chi connectivity index (χ0) is 64.3. The monoisotopic (exact) mass is 1250 g/mol. The summed E-state index contributed by atoms with van der Waals surface area (Å²) in [6.45, 7) is 7.70. The summed E-state index contributed by atoms with van der Waals surface area (Å²) in [5, 5.41) is 11.2. The largest absolute Gasteiger partial charge is 0.482 e. The van der Waals surface area contributed by atoms with Crippen LogP contribution in [0.3, 0.4) is 0 Å². The molecule has 4 aliphatic rings. The van der Waals surface area contributed by atoms with Gasteiger partial charge in [-0.3, -0.25) is 0 Å². The highest BCUT2D eigenvalue weighted by atomic mass is 16.6. The Balaban J connectivity index is 0.000000217. The van der Waals surface area contributed by atoms with Crippen molar-refractivity contribution < 1.29 is 62.2 Å². The summed E-state index contributed by atoms with van der Waals surface area (Å²) in [5.74, 6) is 3.43. The molecule has 1 N–H and O–H groups in total. The van der Waals surface area contributed by atoms with Crippen molar-refractivity contribution in [2.24, 2.45) is 41.4 Å². The van der Waals surface area contributed by atoms with E-state index in [0.717, 1.165) is 148 Å². The molecule has 10 rings (SSSR count). The van der Waals surface area contributed by atoms with E-state index in [9.17, 15) is 24.3 Å². The minimum absolute atomic E-state index is 0.0182. The molecule has 0 heterocycles. The normalized spacial score (nSPS) is 20.7. The molecule has 0 spiro atoms. The number of aliphatic hydroxyl groups is 1. The maximum absolute atomic E-state index is 12.7. The fourth-order valence-corrected chi connectivity index (χ4v) is 14.7. The molecule has 4 aliphatic carbocycles. The molecule has 492 valence electrons. The molecule has 0 amide bonds. The van der Waals surface area contributed by atoms with Gasteiger partial charge in [0.1, 0.15) is 50.1 Å². The van der Waals surface area contributed by atoms with Crippen LogP contribution in [-0.4, -0.2) is 73.7 Å². The Morgan fingerprint density at radius 2 is 0.837 bits per heavy atom. The maximum Gasteiger partial charge on any atom is 0.344 e. The number of aliphatic hydroxyl groups excluding tert-OH is 1. The average molecular weight is 1260 g/mol. The van der Waals surface area contributed by atoms with E-state index < -0.39 is 5.97 Å². The SMILES string of the molecule is CCCCC[C@@H](CC[C@@H]1[C@H]2Cc3cccc(OCC(=O)OCc4ccccc4)c3C[C@H]2C[C@H]1C)OC(=O)COCc1ccccc1.CCCCC[C@@H](CC[C@@H]1[C@H]2Cc3cccc(OCC(=O)OCc4ccccc4)c3C[C@H]2C[C@H]1O)OC(=O)COCc1ccccc1. The van der Waals surface area contributed by atoms with Crippen LogP contribution in [0, 0.1) is 41.4 Å². The van der Waals surface area contributed by atoms with Crippen LogP contribution in [0.25, 0.3) is 0 Å². The summed E-state index contributed by atoms with van der Waals surface area (Å²) in [6.07, 6.45) is 16.8. The fourth-order valence-electron chi connectivity index (χ4n) is 14.7. The van der Waals surface area contributed by atoms with Crippen molar-refractivity contribution in [2.45, 2.75) is 181 Å². The first kappa shape index (κ1) is 69.0. The molecule has 0 unspecified atom stereocenters. The van der Waals surface area contributed by atoms with E-state index in [4.69, 9.17) is 37.9 Å². The third-order valence-corrected chi connectivity index (χ3v) is 19.4. The maximum atomic E-state index is 12.7. The second kappa shape index (κ2) is 36.8. The minimum Gasteiger partial charge on any atom is -0.482 e. The molecular formula is C79H98O13. The summed E-state index contributed by atoms with van der Waals surface area (Å²) in [6, 6.07) is 51.3. The molecule has 6 aromatic rings.